The maximum absolute atomic E-state index is 10.6. The Morgan fingerprint density at radius 3 is 1.90 bits per heavy atom. The van der Waals surface area contributed by atoms with Gasteiger partial charge < -0.3 is 39.6 Å². The second-order valence-electron chi connectivity index (χ2n) is 3.90. The van der Waals surface area contributed by atoms with E-state index in [0.29, 0.717) is 0 Å². The summed E-state index contributed by atoms with van der Waals surface area (Å²) >= 11 is 0. The molecule has 1 saturated heterocycles. The number of hydrogen-bond acceptors (Lipinski definition) is 8. The van der Waals surface area contributed by atoms with E-state index in [2.05, 4.69) is 9.05 Å². The number of aliphatic hydroxyl groups is 3. The molecule has 1 rings (SSSR count). The average Bonchev–Trinajstić information content (AvgIpc) is 2.25. The lowest BCUT2D eigenvalue weighted by Crippen LogP contribution is -2.59. The smallest absolute Gasteiger partial charge is 0.387 e. The highest BCUT2D eigenvalue weighted by atomic mass is 31.2. The van der Waals surface area contributed by atoms with E-state index in [-0.39, 0.29) is 0 Å². The number of phosphoric ester groups is 2. The molecule has 7 N–H and O–H groups in total. The fourth-order valence-corrected chi connectivity index (χ4v) is 2.23. The number of ether oxygens (including phenoxy) is 1. The van der Waals surface area contributed by atoms with Crippen LogP contribution in [-0.4, -0.2) is 72.2 Å². The third-order valence-corrected chi connectivity index (χ3v) is 3.28. The fraction of sp³-hybridized carbons (Fsp3) is 1.00. The second kappa shape index (κ2) is 6.44. The van der Waals surface area contributed by atoms with Gasteiger partial charge in [0.05, 0.1) is 6.61 Å². The molecule has 5 atom stereocenters. The molecule has 20 heavy (non-hydrogen) atoms. The van der Waals surface area contributed by atoms with Crippen LogP contribution in [0.3, 0.4) is 0 Å². The van der Waals surface area contributed by atoms with Crippen LogP contribution in [-0.2, 0) is 22.9 Å². The highest BCUT2D eigenvalue weighted by Gasteiger charge is 2.47. The highest BCUT2D eigenvalue weighted by Crippen LogP contribution is 2.41. The Morgan fingerprint density at radius 1 is 0.900 bits per heavy atom. The van der Waals surface area contributed by atoms with Gasteiger partial charge in [-0.15, -0.1) is 0 Å². The molecule has 12 nitrogen and oxygen atoms in total. The van der Waals surface area contributed by atoms with E-state index in [1.807, 2.05) is 0 Å². The number of hydrogen-bond donors (Lipinski definition) is 7. The zero-order chi connectivity index (χ0) is 15.7. The van der Waals surface area contributed by atoms with E-state index < -0.39 is 53.0 Å². The summed E-state index contributed by atoms with van der Waals surface area (Å²) in [4.78, 5) is 34.1. The van der Waals surface area contributed by atoms with E-state index in [9.17, 15) is 24.4 Å². The van der Waals surface area contributed by atoms with Crippen molar-refractivity contribution in [1.29, 1.82) is 0 Å². The summed E-state index contributed by atoms with van der Waals surface area (Å²) in [6, 6.07) is 0. The quantitative estimate of drug-likeness (QED) is 0.250. The average molecular weight is 340 g/mol. The van der Waals surface area contributed by atoms with E-state index in [0.717, 1.165) is 0 Å². The summed E-state index contributed by atoms with van der Waals surface area (Å²) in [5.41, 5.74) is 0. The number of aliphatic hydroxyl groups excluding tert-OH is 3. The zero-order valence-corrected chi connectivity index (χ0v) is 11.4. The predicted molar refractivity (Wildman–Crippen MR) is 57.8 cm³/mol. The summed E-state index contributed by atoms with van der Waals surface area (Å²) in [6.07, 6.45) is -9.32. The Balaban J connectivity index is 2.76. The highest BCUT2D eigenvalue weighted by molar-refractivity contribution is 7.46. The van der Waals surface area contributed by atoms with Crippen LogP contribution in [0.1, 0.15) is 0 Å². The predicted octanol–water partition coefficient (Wildman–Crippen LogP) is -2.99. The molecular formula is C6H14O12P2. The first kappa shape index (κ1) is 18.1. The third-order valence-electron chi connectivity index (χ3n) is 2.32. The second-order valence-corrected chi connectivity index (χ2v) is 6.33. The van der Waals surface area contributed by atoms with Crippen LogP contribution in [0.4, 0.5) is 0 Å². The molecule has 0 radical (unpaired) electrons. The Kier molecular flexibility index (Phi) is 5.83. The summed E-state index contributed by atoms with van der Waals surface area (Å²) < 4.78 is 33.9. The zero-order valence-electron chi connectivity index (χ0n) is 9.66. The van der Waals surface area contributed by atoms with Gasteiger partial charge in [-0.1, -0.05) is 0 Å². The lowest BCUT2D eigenvalue weighted by Gasteiger charge is -2.39. The third kappa shape index (κ3) is 5.45. The van der Waals surface area contributed by atoms with E-state index in [1.54, 1.807) is 0 Å². The molecule has 1 fully saturated rings. The van der Waals surface area contributed by atoms with Crippen LogP contribution >= 0.6 is 15.6 Å². The minimum Gasteiger partial charge on any atom is -0.387 e. The molecule has 0 aromatic heterocycles. The first-order valence-electron chi connectivity index (χ1n) is 5.04. The van der Waals surface area contributed by atoms with Gasteiger partial charge in [-0.05, 0) is 0 Å². The van der Waals surface area contributed by atoms with Crippen LogP contribution in [0.5, 0.6) is 0 Å². The first-order valence-corrected chi connectivity index (χ1v) is 8.10. The topological polar surface area (TPSA) is 203 Å². The molecule has 0 aliphatic carbocycles. The summed E-state index contributed by atoms with van der Waals surface area (Å²) in [5.74, 6) is 0. The Morgan fingerprint density at radius 2 is 1.45 bits per heavy atom. The first-order chi connectivity index (χ1) is 8.91. The molecule has 0 saturated carbocycles. The Labute approximate surface area is 112 Å². The van der Waals surface area contributed by atoms with Crippen molar-refractivity contribution in [2.75, 3.05) is 6.61 Å². The van der Waals surface area contributed by atoms with Crippen LogP contribution in [0.15, 0.2) is 0 Å². The van der Waals surface area contributed by atoms with Crippen LogP contribution < -0.4 is 0 Å². The maximum atomic E-state index is 10.6. The molecule has 4 unspecified atom stereocenters. The van der Waals surface area contributed by atoms with Gasteiger partial charge in [0.25, 0.3) is 0 Å². The standard InChI is InChI=1S/C6H14O12P2/c7-3-2(1-16-19(10,11)12)17-6(5(9)4(3)8)18-20(13,14)15/h2-9H,1H2,(H2,10,11,12)(H2,13,14,15)/t2?,3?,4-,5?,6?/m1/s1. The van der Waals surface area contributed by atoms with Crippen molar-refractivity contribution in [3.8, 4) is 0 Å². The van der Waals surface area contributed by atoms with Crippen LogP contribution in [0, 0.1) is 0 Å². The van der Waals surface area contributed by atoms with Crippen molar-refractivity contribution in [2.24, 2.45) is 0 Å². The minimum atomic E-state index is -5.07. The molecule has 1 heterocycles. The SMILES string of the molecule is O=P(O)(O)OCC1OC(OP(=O)(O)O)C(O)[C@H](O)C1O. The van der Waals surface area contributed by atoms with Crippen LogP contribution in [0.2, 0.25) is 0 Å². The molecule has 0 aromatic carbocycles. The van der Waals surface area contributed by atoms with Gasteiger partial charge in [0.15, 0.2) is 6.29 Å². The van der Waals surface area contributed by atoms with Gasteiger partial charge in [0, 0.05) is 0 Å². The molecule has 0 amide bonds. The monoisotopic (exact) mass is 340 g/mol. The van der Waals surface area contributed by atoms with E-state index >= 15 is 0 Å². The van der Waals surface area contributed by atoms with Crippen molar-refractivity contribution in [3.63, 3.8) is 0 Å². The van der Waals surface area contributed by atoms with Gasteiger partial charge in [-0.3, -0.25) is 9.05 Å². The van der Waals surface area contributed by atoms with Crippen LogP contribution in [0.25, 0.3) is 0 Å². The normalized spacial score (nSPS) is 36.0. The largest absolute Gasteiger partial charge is 0.472 e. The molecule has 1 aliphatic heterocycles. The lowest BCUT2D eigenvalue weighted by molar-refractivity contribution is -0.279. The fourth-order valence-electron chi connectivity index (χ4n) is 1.45. The summed E-state index contributed by atoms with van der Waals surface area (Å²) in [7, 11) is -9.95. The van der Waals surface area contributed by atoms with Gasteiger partial charge in [0.2, 0.25) is 0 Å². The van der Waals surface area contributed by atoms with Crippen molar-refractivity contribution in [1.82, 2.24) is 0 Å². The number of phosphoric acid groups is 2. The van der Waals surface area contributed by atoms with Gasteiger partial charge >= 0.3 is 15.6 Å². The van der Waals surface area contributed by atoms with Gasteiger partial charge in [-0.25, -0.2) is 9.13 Å². The molecule has 0 spiro atoms. The Bertz CT molecular complexity index is 412. The minimum absolute atomic E-state index is 0.907. The molecule has 0 aromatic rings. The van der Waals surface area contributed by atoms with Gasteiger partial charge in [0.1, 0.15) is 24.4 Å². The molecular weight excluding hydrogens is 326 g/mol. The van der Waals surface area contributed by atoms with Crippen molar-refractivity contribution < 1.29 is 57.8 Å². The van der Waals surface area contributed by atoms with Gasteiger partial charge in [-0.2, -0.15) is 0 Å². The summed E-state index contributed by atoms with van der Waals surface area (Å²) in [5, 5.41) is 28.4. The molecule has 14 heteroatoms. The van der Waals surface area contributed by atoms with E-state index in [4.69, 9.17) is 24.3 Å². The summed E-state index contributed by atoms with van der Waals surface area (Å²) in [6.45, 7) is -0.907. The van der Waals surface area contributed by atoms with E-state index in [1.165, 1.54) is 0 Å². The molecule has 1 aliphatic rings. The lowest BCUT2D eigenvalue weighted by atomic mass is 10.00. The van der Waals surface area contributed by atoms with Crippen molar-refractivity contribution in [3.05, 3.63) is 0 Å². The Hall–Kier alpha value is 0.0600. The number of rotatable bonds is 5. The molecule has 0 bridgehead atoms. The maximum Gasteiger partial charge on any atom is 0.472 e. The van der Waals surface area contributed by atoms with Crippen molar-refractivity contribution >= 4 is 15.6 Å². The molecule has 120 valence electrons. The van der Waals surface area contributed by atoms with Crippen molar-refractivity contribution in [2.45, 2.75) is 30.7 Å².